The molecule has 2 fully saturated rings. The number of amides is 1. The van der Waals surface area contributed by atoms with Crippen molar-refractivity contribution in [2.75, 3.05) is 19.7 Å². The molecular weight excluding hydrogens is 306 g/mol. The van der Waals surface area contributed by atoms with Crippen LogP contribution in [0.2, 0.25) is 0 Å². The van der Waals surface area contributed by atoms with Crippen molar-refractivity contribution in [1.82, 2.24) is 14.7 Å². The minimum absolute atomic E-state index is 0.192. The van der Waals surface area contributed by atoms with Crippen molar-refractivity contribution in [2.24, 2.45) is 7.05 Å². The highest BCUT2D eigenvalue weighted by molar-refractivity contribution is 5.76. The Bertz CT molecular complexity index is 603. The van der Waals surface area contributed by atoms with Crippen molar-refractivity contribution < 1.29 is 14.6 Å². The normalized spacial score (nSPS) is 23.7. The fourth-order valence-corrected chi connectivity index (χ4v) is 4.09. The quantitative estimate of drug-likeness (QED) is 0.909. The summed E-state index contributed by atoms with van der Waals surface area (Å²) in [7, 11) is 1.94. The van der Waals surface area contributed by atoms with Crippen molar-refractivity contribution >= 4 is 5.91 Å². The molecule has 0 aromatic carbocycles. The lowest BCUT2D eigenvalue weighted by Gasteiger charge is -2.46. The highest BCUT2D eigenvalue weighted by Crippen LogP contribution is 2.35. The van der Waals surface area contributed by atoms with Crippen LogP contribution >= 0.6 is 0 Å². The molecule has 3 rings (SSSR count). The lowest BCUT2D eigenvalue weighted by molar-refractivity contribution is -0.179. The number of aliphatic hydroxyl groups is 1. The molecular formula is C18H29N3O3. The number of carbonyl (C=O) groups is 1. The molecule has 0 radical (unpaired) electrons. The molecule has 134 valence electrons. The Labute approximate surface area is 143 Å². The van der Waals surface area contributed by atoms with Gasteiger partial charge in [-0.25, -0.2) is 0 Å². The standard InChI is InChI=1S/C18H29N3O3/c1-13-15(14(2)20(3)19-13)6-7-17(23)21-10-8-18(9-11-21)16(22)5-4-12-24-18/h16,22H,4-12H2,1-3H3/t16-/m0/s1. The van der Waals surface area contributed by atoms with Gasteiger partial charge in [0, 0.05) is 38.9 Å². The topological polar surface area (TPSA) is 67.6 Å². The first-order valence-corrected chi connectivity index (χ1v) is 9.02. The molecule has 1 aromatic heterocycles. The third kappa shape index (κ3) is 3.22. The van der Waals surface area contributed by atoms with Crippen LogP contribution in [0.1, 0.15) is 49.1 Å². The van der Waals surface area contributed by atoms with Gasteiger partial charge in [-0.15, -0.1) is 0 Å². The number of nitrogens with zero attached hydrogens (tertiary/aromatic N) is 3. The number of aliphatic hydroxyl groups excluding tert-OH is 1. The van der Waals surface area contributed by atoms with Crippen LogP contribution in [-0.4, -0.2) is 57.1 Å². The van der Waals surface area contributed by atoms with Gasteiger partial charge in [-0.2, -0.15) is 5.10 Å². The van der Waals surface area contributed by atoms with Gasteiger partial charge in [0.25, 0.3) is 0 Å². The Morgan fingerprint density at radius 1 is 1.38 bits per heavy atom. The minimum Gasteiger partial charge on any atom is -0.390 e. The zero-order valence-corrected chi connectivity index (χ0v) is 15.0. The van der Waals surface area contributed by atoms with E-state index < -0.39 is 5.60 Å². The number of rotatable bonds is 3. The van der Waals surface area contributed by atoms with E-state index in [0.29, 0.717) is 19.5 Å². The molecule has 1 atom stereocenters. The molecule has 1 spiro atoms. The predicted octanol–water partition coefficient (Wildman–Crippen LogP) is 1.50. The second-order valence-electron chi connectivity index (χ2n) is 7.23. The summed E-state index contributed by atoms with van der Waals surface area (Å²) in [5.41, 5.74) is 2.92. The minimum atomic E-state index is -0.411. The van der Waals surface area contributed by atoms with Crippen LogP contribution in [0.15, 0.2) is 0 Å². The summed E-state index contributed by atoms with van der Waals surface area (Å²) < 4.78 is 7.79. The second kappa shape index (κ2) is 6.84. The van der Waals surface area contributed by atoms with Gasteiger partial charge in [-0.1, -0.05) is 0 Å². The average molecular weight is 335 g/mol. The Hall–Kier alpha value is -1.40. The lowest BCUT2D eigenvalue weighted by atomic mass is 9.82. The van der Waals surface area contributed by atoms with Crippen LogP contribution < -0.4 is 0 Å². The van der Waals surface area contributed by atoms with Crippen molar-refractivity contribution in [1.29, 1.82) is 0 Å². The van der Waals surface area contributed by atoms with E-state index in [1.807, 2.05) is 30.5 Å². The van der Waals surface area contributed by atoms with Gasteiger partial charge in [0.05, 0.1) is 17.4 Å². The summed E-state index contributed by atoms with van der Waals surface area (Å²) in [6, 6.07) is 0. The lowest BCUT2D eigenvalue weighted by Crippen LogP contribution is -2.56. The molecule has 1 amide bonds. The largest absolute Gasteiger partial charge is 0.390 e. The summed E-state index contributed by atoms with van der Waals surface area (Å²) in [6.45, 7) is 6.14. The number of carbonyl (C=O) groups excluding carboxylic acids is 1. The maximum Gasteiger partial charge on any atom is 0.222 e. The predicted molar refractivity (Wildman–Crippen MR) is 90.7 cm³/mol. The van der Waals surface area contributed by atoms with E-state index in [1.54, 1.807) is 0 Å². The van der Waals surface area contributed by atoms with Gasteiger partial charge >= 0.3 is 0 Å². The second-order valence-corrected chi connectivity index (χ2v) is 7.23. The van der Waals surface area contributed by atoms with Gasteiger partial charge in [-0.3, -0.25) is 9.48 Å². The van der Waals surface area contributed by atoms with Gasteiger partial charge in [0.2, 0.25) is 5.91 Å². The molecule has 6 nitrogen and oxygen atoms in total. The van der Waals surface area contributed by atoms with Gasteiger partial charge in [-0.05, 0) is 51.5 Å². The zero-order chi connectivity index (χ0) is 17.3. The van der Waals surface area contributed by atoms with Crippen molar-refractivity contribution in [3.63, 3.8) is 0 Å². The van der Waals surface area contributed by atoms with Crippen LogP contribution in [0.3, 0.4) is 0 Å². The zero-order valence-electron chi connectivity index (χ0n) is 15.0. The van der Waals surface area contributed by atoms with E-state index >= 15 is 0 Å². The van der Waals surface area contributed by atoms with Crippen LogP contribution in [0, 0.1) is 13.8 Å². The van der Waals surface area contributed by atoms with E-state index in [4.69, 9.17) is 4.74 Å². The SMILES string of the molecule is Cc1nn(C)c(C)c1CCC(=O)N1CCC2(CC1)OCCC[C@@H]2O. The molecule has 2 aliphatic rings. The smallest absolute Gasteiger partial charge is 0.222 e. The number of piperidine rings is 1. The van der Waals surface area contributed by atoms with Crippen molar-refractivity contribution in [3.8, 4) is 0 Å². The molecule has 1 N–H and O–H groups in total. The summed E-state index contributed by atoms with van der Waals surface area (Å²) >= 11 is 0. The number of ether oxygens (including phenoxy) is 1. The highest BCUT2D eigenvalue weighted by atomic mass is 16.5. The van der Waals surface area contributed by atoms with E-state index in [9.17, 15) is 9.90 Å². The van der Waals surface area contributed by atoms with Crippen molar-refractivity contribution in [3.05, 3.63) is 17.0 Å². The molecule has 2 aliphatic heterocycles. The molecule has 0 aliphatic carbocycles. The fourth-order valence-electron chi connectivity index (χ4n) is 4.09. The molecule has 24 heavy (non-hydrogen) atoms. The van der Waals surface area contributed by atoms with Gasteiger partial charge < -0.3 is 14.7 Å². The van der Waals surface area contributed by atoms with Crippen LogP contribution in [0.25, 0.3) is 0 Å². The molecule has 6 heteroatoms. The Morgan fingerprint density at radius 2 is 2.08 bits per heavy atom. The Kier molecular flexibility index (Phi) is 4.97. The summed E-state index contributed by atoms with van der Waals surface area (Å²) in [5.74, 6) is 0.192. The summed E-state index contributed by atoms with van der Waals surface area (Å²) in [4.78, 5) is 14.5. The van der Waals surface area contributed by atoms with Crippen LogP contribution in [0.5, 0.6) is 0 Å². The van der Waals surface area contributed by atoms with E-state index in [2.05, 4.69) is 5.10 Å². The van der Waals surface area contributed by atoms with E-state index in [0.717, 1.165) is 50.1 Å². The monoisotopic (exact) mass is 335 g/mol. The number of aromatic nitrogens is 2. The van der Waals surface area contributed by atoms with Crippen LogP contribution in [-0.2, 0) is 23.0 Å². The third-order valence-electron chi connectivity index (χ3n) is 5.83. The molecule has 2 saturated heterocycles. The first-order valence-electron chi connectivity index (χ1n) is 9.02. The Morgan fingerprint density at radius 3 is 2.67 bits per heavy atom. The van der Waals surface area contributed by atoms with Crippen molar-refractivity contribution in [2.45, 2.75) is 64.1 Å². The number of hydrogen-bond donors (Lipinski definition) is 1. The number of hydrogen-bond acceptors (Lipinski definition) is 4. The number of likely N-dealkylation sites (tertiary alicyclic amines) is 1. The maximum absolute atomic E-state index is 12.5. The van der Waals surface area contributed by atoms with E-state index in [1.165, 1.54) is 5.56 Å². The average Bonchev–Trinajstić information content (AvgIpc) is 2.81. The van der Waals surface area contributed by atoms with Gasteiger partial charge in [0.15, 0.2) is 0 Å². The molecule has 0 saturated carbocycles. The third-order valence-corrected chi connectivity index (χ3v) is 5.83. The first kappa shape index (κ1) is 17.4. The molecule has 3 heterocycles. The molecule has 1 aromatic rings. The van der Waals surface area contributed by atoms with Gasteiger partial charge in [0.1, 0.15) is 0 Å². The number of aryl methyl sites for hydroxylation is 2. The summed E-state index contributed by atoms with van der Waals surface area (Å²) in [6.07, 6.45) is 4.09. The fraction of sp³-hybridized carbons (Fsp3) is 0.778. The first-order chi connectivity index (χ1) is 11.4. The molecule has 0 unspecified atom stereocenters. The summed E-state index contributed by atoms with van der Waals surface area (Å²) in [5, 5.41) is 14.7. The Balaban J connectivity index is 1.54. The van der Waals surface area contributed by atoms with E-state index in [-0.39, 0.29) is 12.0 Å². The van der Waals surface area contributed by atoms with Crippen LogP contribution in [0.4, 0.5) is 0 Å². The molecule has 0 bridgehead atoms. The highest BCUT2D eigenvalue weighted by Gasteiger charge is 2.44. The maximum atomic E-state index is 12.5.